The largest absolute Gasteiger partial charge is 0.493 e. The highest BCUT2D eigenvalue weighted by molar-refractivity contribution is 6.02. The molecule has 2 aromatic rings. The number of nitro groups is 1. The SMILES string of the molecule is COc1cc(/C=C2/C(=O)C3CCN2CC3)cc([N+](=O)[O-])c1OCc1cccc(C)c1. The van der Waals surface area contributed by atoms with Crippen LogP contribution in [0, 0.1) is 23.0 Å². The molecule has 2 aromatic carbocycles. The van der Waals surface area contributed by atoms with Gasteiger partial charge in [-0.15, -0.1) is 0 Å². The number of allylic oxidation sites excluding steroid dienone is 1. The zero-order valence-corrected chi connectivity index (χ0v) is 17.1. The average Bonchev–Trinajstić information content (AvgIpc) is 2.75. The van der Waals surface area contributed by atoms with Crippen LogP contribution in [0.1, 0.15) is 29.5 Å². The molecule has 0 amide bonds. The highest BCUT2D eigenvalue weighted by Gasteiger charge is 2.36. The second-order valence-electron chi connectivity index (χ2n) is 7.76. The molecule has 7 nitrogen and oxygen atoms in total. The number of fused-ring (bicyclic) bond motifs is 3. The smallest absolute Gasteiger partial charge is 0.315 e. The Labute approximate surface area is 175 Å². The van der Waals surface area contributed by atoms with Crippen molar-refractivity contribution in [3.8, 4) is 11.5 Å². The number of ether oxygens (including phenoxy) is 2. The third-order valence-electron chi connectivity index (χ3n) is 5.70. The van der Waals surface area contributed by atoms with Crippen molar-refractivity contribution < 1.29 is 19.2 Å². The van der Waals surface area contributed by atoms with Crippen LogP contribution < -0.4 is 9.47 Å². The Morgan fingerprint density at radius 3 is 2.63 bits per heavy atom. The molecule has 30 heavy (non-hydrogen) atoms. The molecule has 0 aromatic heterocycles. The number of ketones is 1. The van der Waals surface area contributed by atoms with Crippen molar-refractivity contribution in [3.63, 3.8) is 0 Å². The van der Waals surface area contributed by atoms with Crippen molar-refractivity contribution in [3.05, 3.63) is 68.9 Å². The Bertz CT molecular complexity index is 1020. The minimum Gasteiger partial charge on any atom is -0.493 e. The van der Waals surface area contributed by atoms with Crippen molar-refractivity contribution in [2.45, 2.75) is 26.4 Å². The van der Waals surface area contributed by atoms with Gasteiger partial charge in [0.2, 0.25) is 5.75 Å². The van der Waals surface area contributed by atoms with Crippen LogP contribution in [-0.2, 0) is 11.4 Å². The summed E-state index contributed by atoms with van der Waals surface area (Å²) in [6, 6.07) is 10.9. The number of piperidine rings is 3. The number of hydrogen-bond donors (Lipinski definition) is 0. The third kappa shape index (κ3) is 3.87. The number of aryl methyl sites for hydroxylation is 1. The Morgan fingerprint density at radius 2 is 2.00 bits per heavy atom. The second kappa shape index (κ2) is 8.18. The summed E-state index contributed by atoms with van der Waals surface area (Å²) in [6.45, 7) is 3.86. The van der Waals surface area contributed by atoms with Gasteiger partial charge in [0, 0.05) is 25.1 Å². The zero-order valence-electron chi connectivity index (χ0n) is 17.1. The maximum atomic E-state index is 12.6. The molecule has 3 saturated heterocycles. The number of nitro benzene ring substituents is 1. The van der Waals surface area contributed by atoms with Crippen molar-refractivity contribution >= 4 is 17.5 Å². The molecule has 0 radical (unpaired) electrons. The number of Topliss-reactive ketones (excluding diaryl/α,β-unsaturated/α-hetero) is 1. The number of benzene rings is 2. The van der Waals surface area contributed by atoms with Gasteiger partial charge < -0.3 is 14.4 Å². The fourth-order valence-corrected chi connectivity index (χ4v) is 4.15. The molecule has 0 unspecified atom stereocenters. The lowest BCUT2D eigenvalue weighted by Crippen LogP contribution is -2.45. The Hall–Kier alpha value is -3.35. The molecule has 3 fully saturated rings. The van der Waals surface area contributed by atoms with Crippen LogP contribution in [-0.4, -0.2) is 35.8 Å². The van der Waals surface area contributed by atoms with E-state index in [0.29, 0.717) is 11.3 Å². The predicted molar refractivity (Wildman–Crippen MR) is 112 cm³/mol. The van der Waals surface area contributed by atoms with Crippen LogP contribution >= 0.6 is 0 Å². The summed E-state index contributed by atoms with van der Waals surface area (Å²) in [5, 5.41) is 11.8. The summed E-state index contributed by atoms with van der Waals surface area (Å²) in [7, 11) is 1.45. The first-order valence-corrected chi connectivity index (χ1v) is 10.0. The summed E-state index contributed by atoms with van der Waals surface area (Å²) >= 11 is 0. The van der Waals surface area contributed by atoms with E-state index in [2.05, 4.69) is 4.90 Å². The first-order valence-electron chi connectivity index (χ1n) is 10.0. The van der Waals surface area contributed by atoms with Gasteiger partial charge in [0.15, 0.2) is 11.5 Å². The Balaban J connectivity index is 1.67. The van der Waals surface area contributed by atoms with Crippen LogP contribution in [0.25, 0.3) is 6.08 Å². The van der Waals surface area contributed by atoms with E-state index in [9.17, 15) is 14.9 Å². The fraction of sp³-hybridized carbons (Fsp3) is 0.348. The van der Waals surface area contributed by atoms with Crippen LogP contribution in [0.15, 0.2) is 42.1 Å². The number of rotatable bonds is 6. The molecule has 156 valence electrons. The van der Waals surface area contributed by atoms with Crippen LogP contribution in [0.2, 0.25) is 0 Å². The average molecular weight is 408 g/mol. The number of hydrogen-bond acceptors (Lipinski definition) is 6. The molecule has 0 saturated carbocycles. The highest BCUT2D eigenvalue weighted by atomic mass is 16.6. The molecule has 3 aliphatic rings. The predicted octanol–water partition coefficient (Wildman–Crippen LogP) is 4.13. The number of carbonyl (C=O) groups excluding carboxylic acids is 1. The first kappa shape index (κ1) is 19.9. The van der Waals surface area contributed by atoms with Crippen molar-refractivity contribution in [2.75, 3.05) is 20.2 Å². The molecule has 0 N–H and O–H groups in total. The minimum absolute atomic E-state index is 0.0649. The summed E-state index contributed by atoms with van der Waals surface area (Å²) in [4.78, 5) is 26.0. The van der Waals surface area contributed by atoms with Gasteiger partial charge in [0.25, 0.3) is 0 Å². The first-order chi connectivity index (χ1) is 14.5. The monoisotopic (exact) mass is 408 g/mol. The standard InChI is InChI=1S/C23H24N2O5/c1-15-4-3-5-16(10-15)14-30-23-20(25(27)28)12-17(13-21(23)29-2)11-19-22(26)18-6-8-24(19)9-7-18/h3-5,10-13,18H,6-9,14H2,1-2H3/b19-11-. The molecule has 0 spiro atoms. The quantitative estimate of drug-likeness (QED) is 0.406. The lowest BCUT2D eigenvalue weighted by atomic mass is 9.84. The van der Waals surface area contributed by atoms with E-state index in [4.69, 9.17) is 9.47 Å². The number of methoxy groups -OCH3 is 1. The topological polar surface area (TPSA) is 81.9 Å². The van der Waals surface area contributed by atoms with E-state index in [-0.39, 0.29) is 35.5 Å². The molecular formula is C23H24N2O5. The van der Waals surface area contributed by atoms with Gasteiger partial charge >= 0.3 is 5.69 Å². The highest BCUT2D eigenvalue weighted by Crippen LogP contribution is 2.40. The van der Waals surface area contributed by atoms with Gasteiger partial charge in [-0.1, -0.05) is 29.8 Å². The van der Waals surface area contributed by atoms with Crippen LogP contribution in [0.3, 0.4) is 0 Å². The van der Waals surface area contributed by atoms with Gasteiger partial charge in [-0.3, -0.25) is 14.9 Å². The lowest BCUT2D eigenvalue weighted by Gasteiger charge is -2.41. The zero-order chi connectivity index (χ0) is 21.3. The molecule has 0 aliphatic carbocycles. The summed E-state index contributed by atoms with van der Waals surface area (Å²) in [5.74, 6) is 0.541. The summed E-state index contributed by atoms with van der Waals surface area (Å²) in [6.07, 6.45) is 3.49. The van der Waals surface area contributed by atoms with Gasteiger partial charge in [0.05, 0.1) is 17.7 Å². The molecule has 5 rings (SSSR count). The number of carbonyl (C=O) groups is 1. The number of nitrogens with zero attached hydrogens (tertiary/aromatic N) is 2. The van der Waals surface area contributed by atoms with E-state index in [0.717, 1.165) is 37.1 Å². The maximum absolute atomic E-state index is 12.6. The molecule has 3 aliphatic heterocycles. The normalized spacial score (nSPS) is 17.5. The van der Waals surface area contributed by atoms with E-state index in [1.54, 1.807) is 12.1 Å². The molecule has 7 heteroatoms. The Morgan fingerprint density at radius 1 is 1.23 bits per heavy atom. The van der Waals surface area contributed by atoms with Gasteiger partial charge in [0.1, 0.15) is 6.61 Å². The van der Waals surface area contributed by atoms with Crippen molar-refractivity contribution in [2.24, 2.45) is 5.92 Å². The summed E-state index contributed by atoms with van der Waals surface area (Å²) in [5.41, 5.74) is 2.99. The van der Waals surface area contributed by atoms with Crippen molar-refractivity contribution in [1.82, 2.24) is 4.90 Å². The van der Waals surface area contributed by atoms with E-state index >= 15 is 0 Å². The maximum Gasteiger partial charge on any atom is 0.315 e. The van der Waals surface area contributed by atoms with Crippen molar-refractivity contribution in [1.29, 1.82) is 0 Å². The Kier molecular flexibility index (Phi) is 5.44. The lowest BCUT2D eigenvalue weighted by molar-refractivity contribution is -0.386. The van der Waals surface area contributed by atoms with E-state index in [1.807, 2.05) is 31.2 Å². The third-order valence-corrected chi connectivity index (χ3v) is 5.70. The molecular weight excluding hydrogens is 384 g/mol. The minimum atomic E-state index is -0.481. The van der Waals surface area contributed by atoms with Gasteiger partial charge in [-0.25, -0.2) is 0 Å². The van der Waals surface area contributed by atoms with E-state index in [1.165, 1.54) is 13.2 Å². The van der Waals surface area contributed by atoms with Gasteiger partial charge in [-0.2, -0.15) is 0 Å². The van der Waals surface area contributed by atoms with Crippen LogP contribution in [0.5, 0.6) is 11.5 Å². The van der Waals surface area contributed by atoms with Crippen LogP contribution in [0.4, 0.5) is 5.69 Å². The molecule has 2 bridgehead atoms. The van der Waals surface area contributed by atoms with E-state index < -0.39 is 4.92 Å². The fourth-order valence-electron chi connectivity index (χ4n) is 4.15. The molecule has 0 atom stereocenters. The second-order valence-corrected chi connectivity index (χ2v) is 7.76. The summed E-state index contributed by atoms with van der Waals surface area (Å²) < 4.78 is 11.2. The molecule has 3 heterocycles. The van der Waals surface area contributed by atoms with Gasteiger partial charge in [-0.05, 0) is 43.0 Å².